The number of rotatable bonds is 2. The predicted octanol–water partition coefficient (Wildman–Crippen LogP) is 1.11. The molecule has 0 radical (unpaired) electrons. The maximum Gasteiger partial charge on any atom is 0.234 e. The van der Waals surface area contributed by atoms with E-state index in [4.69, 9.17) is 0 Å². The van der Waals surface area contributed by atoms with Crippen LogP contribution in [0.2, 0.25) is 0 Å². The van der Waals surface area contributed by atoms with Crippen molar-refractivity contribution in [3.8, 4) is 5.95 Å². The molecule has 2 bridgehead atoms. The fourth-order valence-electron chi connectivity index (χ4n) is 3.75. The number of aromatic nitrogens is 4. The first kappa shape index (κ1) is 12.9. The number of fused-ring (bicyclic) bond motifs is 2. The van der Waals surface area contributed by atoms with E-state index in [0.717, 1.165) is 18.4 Å². The van der Waals surface area contributed by atoms with Crippen LogP contribution in [0.15, 0.2) is 31.1 Å². The Morgan fingerprint density at radius 1 is 1.19 bits per heavy atom. The molecule has 2 aliphatic heterocycles. The third kappa shape index (κ3) is 2.06. The van der Waals surface area contributed by atoms with E-state index in [1.165, 1.54) is 12.8 Å². The summed E-state index contributed by atoms with van der Waals surface area (Å²) in [6.07, 6.45) is 12.6. The van der Waals surface area contributed by atoms with E-state index in [2.05, 4.69) is 26.9 Å². The Hall–Kier alpha value is -1.79. The molecule has 2 atom stereocenters. The van der Waals surface area contributed by atoms with Crippen LogP contribution in [0.5, 0.6) is 0 Å². The van der Waals surface area contributed by atoms with E-state index in [1.807, 2.05) is 0 Å². The third-order valence-electron chi connectivity index (χ3n) is 5.04. The molecule has 2 saturated heterocycles. The lowest BCUT2D eigenvalue weighted by atomic mass is 9.82. The van der Waals surface area contributed by atoms with E-state index < -0.39 is 5.60 Å². The molecule has 1 N–H and O–H groups in total. The molecule has 2 aliphatic rings. The van der Waals surface area contributed by atoms with Crippen molar-refractivity contribution in [1.82, 2.24) is 24.4 Å². The average molecular weight is 285 g/mol. The number of nitrogens with zero attached hydrogens (tertiary/aromatic N) is 5. The van der Waals surface area contributed by atoms with Gasteiger partial charge in [0.1, 0.15) is 6.33 Å². The maximum absolute atomic E-state index is 11.0. The number of hydrogen-bond donors (Lipinski definition) is 1. The number of aliphatic hydroxyl groups is 1. The zero-order valence-electron chi connectivity index (χ0n) is 12.1. The van der Waals surface area contributed by atoms with E-state index in [-0.39, 0.29) is 0 Å². The van der Waals surface area contributed by atoms with Gasteiger partial charge in [-0.1, -0.05) is 0 Å². The van der Waals surface area contributed by atoms with Crippen LogP contribution in [-0.4, -0.2) is 48.7 Å². The van der Waals surface area contributed by atoms with Crippen LogP contribution >= 0.6 is 0 Å². The predicted molar refractivity (Wildman–Crippen MR) is 76.9 cm³/mol. The molecule has 21 heavy (non-hydrogen) atoms. The van der Waals surface area contributed by atoms with Gasteiger partial charge in [0.15, 0.2) is 0 Å². The molecule has 4 rings (SSSR count). The van der Waals surface area contributed by atoms with Gasteiger partial charge < -0.3 is 10.0 Å². The lowest BCUT2D eigenvalue weighted by molar-refractivity contribution is -0.0497. The van der Waals surface area contributed by atoms with Crippen molar-refractivity contribution in [2.75, 3.05) is 7.05 Å². The minimum absolute atomic E-state index is 0.474. The zero-order valence-corrected chi connectivity index (χ0v) is 12.1. The van der Waals surface area contributed by atoms with Crippen LogP contribution in [0.25, 0.3) is 5.95 Å². The van der Waals surface area contributed by atoms with Gasteiger partial charge in [0.05, 0.1) is 5.60 Å². The largest absolute Gasteiger partial charge is 0.385 e. The van der Waals surface area contributed by atoms with Crippen molar-refractivity contribution in [3.05, 3.63) is 36.7 Å². The van der Waals surface area contributed by atoms with Gasteiger partial charge >= 0.3 is 0 Å². The lowest BCUT2D eigenvalue weighted by Gasteiger charge is -2.42. The van der Waals surface area contributed by atoms with E-state index in [0.29, 0.717) is 18.0 Å². The highest BCUT2D eigenvalue weighted by molar-refractivity contribution is 5.22. The monoisotopic (exact) mass is 285 g/mol. The highest BCUT2D eigenvalue weighted by atomic mass is 16.3. The van der Waals surface area contributed by atoms with E-state index >= 15 is 0 Å². The summed E-state index contributed by atoms with van der Waals surface area (Å²) in [5.41, 5.74) is 0.0441. The third-order valence-corrected chi connectivity index (χ3v) is 5.04. The average Bonchev–Trinajstić information content (AvgIpc) is 3.09. The number of piperidine rings is 1. The molecule has 2 unspecified atom stereocenters. The highest BCUT2D eigenvalue weighted by Gasteiger charge is 2.47. The van der Waals surface area contributed by atoms with E-state index in [9.17, 15) is 5.11 Å². The molecule has 6 nitrogen and oxygen atoms in total. The molecule has 6 heteroatoms. The molecular formula is C15H19N5O. The Morgan fingerprint density at radius 3 is 2.43 bits per heavy atom. The second-order valence-corrected chi connectivity index (χ2v) is 6.23. The lowest BCUT2D eigenvalue weighted by Crippen LogP contribution is -2.47. The fourth-order valence-corrected chi connectivity index (χ4v) is 3.75. The Morgan fingerprint density at radius 2 is 1.86 bits per heavy atom. The van der Waals surface area contributed by atoms with Crippen molar-refractivity contribution in [2.45, 2.75) is 43.4 Å². The topological polar surface area (TPSA) is 67.1 Å². The second-order valence-electron chi connectivity index (χ2n) is 6.23. The molecule has 2 aromatic heterocycles. The van der Waals surface area contributed by atoms with Gasteiger partial charge in [-0.2, -0.15) is 0 Å². The van der Waals surface area contributed by atoms with Crippen molar-refractivity contribution in [1.29, 1.82) is 0 Å². The Kier molecular flexibility index (Phi) is 2.83. The summed E-state index contributed by atoms with van der Waals surface area (Å²) < 4.78 is 1.76. The maximum atomic E-state index is 11.0. The van der Waals surface area contributed by atoms with Crippen molar-refractivity contribution in [3.63, 3.8) is 0 Å². The molecular weight excluding hydrogens is 266 g/mol. The smallest absolute Gasteiger partial charge is 0.234 e. The molecule has 2 fully saturated rings. The fraction of sp³-hybridized carbons (Fsp3) is 0.533. The minimum Gasteiger partial charge on any atom is -0.385 e. The molecule has 110 valence electrons. The van der Waals surface area contributed by atoms with Crippen molar-refractivity contribution < 1.29 is 5.11 Å². The quantitative estimate of drug-likeness (QED) is 0.895. The summed E-state index contributed by atoms with van der Waals surface area (Å²) >= 11 is 0. The number of imidazole rings is 1. The van der Waals surface area contributed by atoms with Gasteiger partial charge in [-0.15, -0.1) is 0 Å². The summed E-state index contributed by atoms with van der Waals surface area (Å²) in [6.45, 7) is 0. The molecule has 0 aromatic carbocycles. The van der Waals surface area contributed by atoms with Crippen molar-refractivity contribution >= 4 is 0 Å². The first-order valence-electron chi connectivity index (χ1n) is 7.41. The Balaban J connectivity index is 1.62. The first-order chi connectivity index (χ1) is 10.2. The standard InChI is InChI=1S/C15H19N5O/c1-19-12-2-3-13(19)7-15(21,6-12)11-8-17-14(18-9-11)20-5-4-16-10-20/h4-5,8-10,12-13,21H,2-3,6-7H2,1H3. The van der Waals surface area contributed by atoms with Gasteiger partial charge in [0.2, 0.25) is 5.95 Å². The van der Waals surface area contributed by atoms with Gasteiger partial charge in [0, 0.05) is 42.4 Å². The summed E-state index contributed by atoms with van der Waals surface area (Å²) in [6, 6.07) is 0.948. The van der Waals surface area contributed by atoms with Crippen LogP contribution in [0.1, 0.15) is 31.2 Å². The van der Waals surface area contributed by atoms with E-state index in [1.54, 1.807) is 35.7 Å². The molecule has 0 aliphatic carbocycles. The Labute approximate surface area is 123 Å². The van der Waals surface area contributed by atoms with Crippen LogP contribution in [0.3, 0.4) is 0 Å². The first-order valence-corrected chi connectivity index (χ1v) is 7.41. The molecule has 4 heterocycles. The molecule has 0 saturated carbocycles. The zero-order chi connectivity index (χ0) is 14.4. The normalized spacial score (nSPS) is 32.5. The molecule has 2 aromatic rings. The van der Waals surface area contributed by atoms with Gasteiger partial charge in [-0.25, -0.2) is 15.0 Å². The van der Waals surface area contributed by atoms with Crippen LogP contribution < -0.4 is 0 Å². The van der Waals surface area contributed by atoms with Crippen LogP contribution in [0, 0.1) is 0 Å². The minimum atomic E-state index is -0.786. The summed E-state index contributed by atoms with van der Waals surface area (Å²) in [7, 11) is 2.17. The summed E-state index contributed by atoms with van der Waals surface area (Å²) in [5, 5.41) is 11.0. The summed E-state index contributed by atoms with van der Waals surface area (Å²) in [5.74, 6) is 0.579. The highest BCUT2D eigenvalue weighted by Crippen LogP contribution is 2.44. The SMILES string of the molecule is CN1C2CCC1CC(O)(c1cnc(-n3ccnc3)nc1)C2. The van der Waals surface area contributed by atoms with Crippen LogP contribution in [-0.2, 0) is 5.60 Å². The molecule has 0 spiro atoms. The van der Waals surface area contributed by atoms with Gasteiger partial charge in [0.25, 0.3) is 0 Å². The number of hydrogen-bond acceptors (Lipinski definition) is 5. The van der Waals surface area contributed by atoms with Crippen molar-refractivity contribution in [2.24, 2.45) is 0 Å². The second kappa shape index (κ2) is 4.61. The molecule has 0 amide bonds. The van der Waals surface area contributed by atoms with Gasteiger partial charge in [-0.05, 0) is 32.7 Å². The van der Waals surface area contributed by atoms with Crippen LogP contribution in [0.4, 0.5) is 0 Å². The van der Waals surface area contributed by atoms with Gasteiger partial charge in [-0.3, -0.25) is 4.57 Å². The Bertz CT molecular complexity index is 610. The summed E-state index contributed by atoms with van der Waals surface area (Å²) in [4.78, 5) is 15.1.